The monoisotopic (exact) mass is 553 g/mol. The summed E-state index contributed by atoms with van der Waals surface area (Å²) >= 11 is 0. The maximum absolute atomic E-state index is 13.2. The van der Waals surface area contributed by atoms with E-state index in [0.717, 1.165) is 6.54 Å². The summed E-state index contributed by atoms with van der Waals surface area (Å²) in [5, 5.41) is 0. The molecule has 0 aromatic heterocycles. The van der Waals surface area contributed by atoms with Crippen LogP contribution in [0.25, 0.3) is 0 Å². The van der Waals surface area contributed by atoms with Gasteiger partial charge in [0.25, 0.3) is 7.52 Å². The van der Waals surface area contributed by atoms with Gasteiger partial charge in [-0.3, -0.25) is 9.46 Å². The molecule has 2 rings (SSSR count). The number of rotatable bonds is 16. The molecule has 2 unspecified atom stereocenters. The molecule has 13 heteroatoms. The van der Waals surface area contributed by atoms with Gasteiger partial charge in [0.05, 0.1) is 58.5 Å². The second kappa shape index (κ2) is 16.3. The molecule has 2 atom stereocenters. The van der Waals surface area contributed by atoms with Crippen molar-refractivity contribution in [3.05, 3.63) is 0 Å². The summed E-state index contributed by atoms with van der Waals surface area (Å²) in [6.07, 6.45) is -0.381. The van der Waals surface area contributed by atoms with Crippen molar-refractivity contribution in [1.82, 2.24) is 14.5 Å². The van der Waals surface area contributed by atoms with Gasteiger partial charge in [0.1, 0.15) is 12.3 Å². The van der Waals surface area contributed by atoms with Crippen LogP contribution in [0.2, 0.25) is 0 Å². The lowest BCUT2D eigenvalue weighted by Gasteiger charge is -2.42. The molecule has 1 amide bonds. The molecule has 0 aromatic rings. The molecule has 37 heavy (non-hydrogen) atoms. The molecular weight excluding hydrogens is 505 g/mol. The first-order valence-corrected chi connectivity index (χ1v) is 15.2. The van der Waals surface area contributed by atoms with Crippen LogP contribution in [0.15, 0.2) is 0 Å². The van der Waals surface area contributed by atoms with Crippen molar-refractivity contribution in [3.8, 4) is 0 Å². The maximum Gasteiger partial charge on any atom is 0.409 e. The molecule has 0 aromatic carbocycles. The Labute approximate surface area is 222 Å². The molecule has 12 nitrogen and oxygen atoms in total. The zero-order valence-corrected chi connectivity index (χ0v) is 24.4. The van der Waals surface area contributed by atoms with Gasteiger partial charge in [-0.1, -0.05) is 0 Å². The van der Waals surface area contributed by atoms with Crippen LogP contribution >= 0.6 is 7.52 Å². The summed E-state index contributed by atoms with van der Waals surface area (Å²) in [4.78, 5) is 16.2. The highest BCUT2D eigenvalue weighted by molar-refractivity contribution is 7.55. The Kier molecular flexibility index (Phi) is 14.3. The smallest absolute Gasteiger partial charge is 0.409 e. The summed E-state index contributed by atoms with van der Waals surface area (Å²) in [5.41, 5.74) is -0.397. The number of piperazine rings is 1. The minimum Gasteiger partial charge on any atom is -0.447 e. The first kappa shape index (κ1) is 32.4. The van der Waals surface area contributed by atoms with Crippen molar-refractivity contribution >= 4 is 13.6 Å². The average Bonchev–Trinajstić information content (AvgIpc) is 2.88. The fourth-order valence-corrected chi connectivity index (χ4v) is 5.44. The highest BCUT2D eigenvalue weighted by atomic mass is 31.2. The fourth-order valence-electron chi connectivity index (χ4n) is 3.93. The van der Waals surface area contributed by atoms with E-state index in [-0.39, 0.29) is 25.4 Å². The largest absolute Gasteiger partial charge is 0.447 e. The Morgan fingerprint density at radius 3 is 2.24 bits per heavy atom. The van der Waals surface area contributed by atoms with Gasteiger partial charge in [0, 0.05) is 53.0 Å². The number of hydrogen-bond donors (Lipinski definition) is 0. The fraction of sp³-hybridized carbons (Fsp3) is 0.958. The highest BCUT2D eigenvalue weighted by Crippen LogP contribution is 2.47. The Balaban J connectivity index is 1.58. The molecule has 218 valence electrons. The van der Waals surface area contributed by atoms with E-state index in [4.69, 9.17) is 32.9 Å². The Hall–Kier alpha value is -0.820. The van der Waals surface area contributed by atoms with Crippen molar-refractivity contribution in [2.24, 2.45) is 0 Å². The second-order valence-corrected chi connectivity index (χ2v) is 12.3. The summed E-state index contributed by atoms with van der Waals surface area (Å²) in [5.74, 6) is 0. The predicted molar refractivity (Wildman–Crippen MR) is 139 cm³/mol. The molecule has 0 N–H and O–H groups in total. The van der Waals surface area contributed by atoms with Crippen molar-refractivity contribution in [3.63, 3.8) is 0 Å². The van der Waals surface area contributed by atoms with Crippen molar-refractivity contribution in [2.75, 3.05) is 106 Å². The number of amides is 1. The molecule has 0 saturated carbocycles. The Morgan fingerprint density at radius 2 is 1.62 bits per heavy atom. The van der Waals surface area contributed by atoms with Crippen LogP contribution < -0.4 is 0 Å². The van der Waals surface area contributed by atoms with E-state index in [1.807, 2.05) is 32.4 Å². The van der Waals surface area contributed by atoms with E-state index >= 15 is 0 Å². The third-order valence-electron chi connectivity index (χ3n) is 6.43. The molecular formula is C24H48N3O9P. The minimum absolute atomic E-state index is 0.170. The van der Waals surface area contributed by atoms with Crippen LogP contribution in [0.3, 0.4) is 0 Å². The van der Waals surface area contributed by atoms with Crippen LogP contribution in [0.4, 0.5) is 4.79 Å². The van der Waals surface area contributed by atoms with Crippen molar-refractivity contribution in [2.45, 2.75) is 45.6 Å². The molecule has 0 radical (unpaired) electrons. The number of morpholine rings is 1. The van der Waals surface area contributed by atoms with Crippen LogP contribution in [0.5, 0.6) is 0 Å². The van der Waals surface area contributed by atoms with Crippen LogP contribution in [-0.2, 0) is 37.5 Å². The molecule has 2 heterocycles. The van der Waals surface area contributed by atoms with E-state index in [9.17, 15) is 9.36 Å². The van der Waals surface area contributed by atoms with E-state index in [1.165, 1.54) is 0 Å². The number of methoxy groups -OCH3 is 1. The third-order valence-corrected chi connectivity index (χ3v) is 8.49. The zero-order valence-electron chi connectivity index (χ0n) is 23.5. The molecule has 2 aliphatic heterocycles. The summed E-state index contributed by atoms with van der Waals surface area (Å²) < 4.78 is 53.8. The van der Waals surface area contributed by atoms with Gasteiger partial charge in [0.2, 0.25) is 0 Å². The summed E-state index contributed by atoms with van der Waals surface area (Å²) in [6, 6.07) is 0. The molecule has 0 aliphatic carbocycles. The van der Waals surface area contributed by atoms with E-state index in [2.05, 4.69) is 4.90 Å². The Morgan fingerprint density at radius 1 is 1.00 bits per heavy atom. The van der Waals surface area contributed by atoms with Crippen molar-refractivity contribution < 1.29 is 42.3 Å². The SMILES string of the molecule is COC(C)(C)N1CCOC(COP(C)(=O)N2CCN(C(=O)OCCOCCOCCOC(C)C)CC2)C1. The minimum atomic E-state index is -3.02. The zero-order chi connectivity index (χ0) is 27.3. The van der Waals surface area contributed by atoms with Gasteiger partial charge in [0.15, 0.2) is 0 Å². The molecule has 2 saturated heterocycles. The lowest BCUT2D eigenvalue weighted by atomic mass is 10.2. The predicted octanol–water partition coefficient (Wildman–Crippen LogP) is 2.12. The molecule has 2 aliphatic rings. The standard InChI is InChI=1S/C24H48N3O9P/c1-21(2)33-17-15-31-13-14-32-16-18-35-23(28)25-7-9-27(10-8-25)37(6,29)36-20-22-19-26(11-12-34-22)24(3,4)30-5/h21-22H,7-20H2,1-6H3. The number of ether oxygens (including phenoxy) is 6. The number of hydrogen-bond acceptors (Lipinski definition) is 10. The van der Waals surface area contributed by atoms with E-state index in [1.54, 1.807) is 18.7 Å². The first-order chi connectivity index (χ1) is 17.5. The maximum atomic E-state index is 13.2. The lowest BCUT2D eigenvalue weighted by Crippen LogP contribution is -2.54. The summed E-state index contributed by atoms with van der Waals surface area (Å²) in [6.45, 7) is 16.0. The molecule has 0 bridgehead atoms. The second-order valence-electron chi connectivity index (χ2n) is 9.89. The number of nitrogens with zero attached hydrogens (tertiary/aromatic N) is 3. The van der Waals surface area contributed by atoms with Crippen LogP contribution in [0, 0.1) is 0 Å². The number of carbonyl (C=O) groups excluding carboxylic acids is 1. The van der Waals surface area contributed by atoms with E-state index < -0.39 is 19.3 Å². The lowest BCUT2D eigenvalue weighted by molar-refractivity contribution is -0.161. The van der Waals surface area contributed by atoms with E-state index in [0.29, 0.717) is 72.4 Å². The van der Waals surface area contributed by atoms with Crippen molar-refractivity contribution in [1.29, 1.82) is 0 Å². The number of carbonyl (C=O) groups is 1. The van der Waals surface area contributed by atoms with Gasteiger partial charge in [-0.05, 0) is 27.7 Å². The van der Waals surface area contributed by atoms with Crippen LogP contribution in [-0.4, -0.2) is 144 Å². The van der Waals surface area contributed by atoms with Gasteiger partial charge in [-0.25, -0.2) is 9.46 Å². The molecule has 2 fully saturated rings. The first-order valence-electron chi connectivity index (χ1n) is 13.1. The van der Waals surface area contributed by atoms with Gasteiger partial charge < -0.3 is 37.8 Å². The van der Waals surface area contributed by atoms with Crippen LogP contribution in [0.1, 0.15) is 27.7 Å². The summed E-state index contributed by atoms with van der Waals surface area (Å²) in [7, 11) is -1.33. The van der Waals surface area contributed by atoms with Gasteiger partial charge in [-0.15, -0.1) is 0 Å². The topological polar surface area (TPSA) is 108 Å². The third kappa shape index (κ3) is 11.8. The normalized spacial score (nSPS) is 21.8. The molecule has 0 spiro atoms. The Bertz CT molecular complexity index is 705. The van der Waals surface area contributed by atoms with Gasteiger partial charge >= 0.3 is 6.09 Å². The highest BCUT2D eigenvalue weighted by Gasteiger charge is 2.35. The quantitative estimate of drug-likeness (QED) is 0.207. The average molecular weight is 554 g/mol. The van der Waals surface area contributed by atoms with Gasteiger partial charge in [-0.2, -0.15) is 0 Å².